The largest absolute Gasteiger partial charge is 0.412 e. The molecule has 0 fully saturated rings. The maximum atomic E-state index is 11.3. The quantitative estimate of drug-likeness (QED) is 0.542. The summed E-state index contributed by atoms with van der Waals surface area (Å²) in [5.41, 5.74) is 5.57. The molecule has 0 unspecified atom stereocenters. The number of rotatable bonds is 2. The molecule has 1 amide bonds. The van der Waals surface area contributed by atoms with E-state index in [4.69, 9.17) is 5.73 Å². The lowest BCUT2D eigenvalue weighted by Crippen LogP contribution is -2.19. The number of benzene rings is 1. The highest BCUT2D eigenvalue weighted by atomic mass is 16.6. The smallest absolute Gasteiger partial charge is 0.387 e. The third kappa shape index (κ3) is 2.22. The number of esters is 1. The fourth-order valence-electron chi connectivity index (χ4n) is 1.03. The molecule has 74 valence electrons. The fourth-order valence-corrected chi connectivity index (χ4v) is 1.03. The zero-order valence-electron chi connectivity index (χ0n) is 7.61. The van der Waals surface area contributed by atoms with Gasteiger partial charge in [0.2, 0.25) is 0 Å². The van der Waals surface area contributed by atoms with Gasteiger partial charge in [-0.25, -0.2) is 9.59 Å². The summed E-state index contributed by atoms with van der Waals surface area (Å²) in [6.45, 7) is 0. The normalized spacial score (nSPS) is 9.21. The first-order valence-corrected chi connectivity index (χ1v) is 3.93. The second-order valence-electron chi connectivity index (χ2n) is 2.50. The second-order valence-corrected chi connectivity index (χ2v) is 2.50. The average molecular weight is 194 g/mol. The van der Waals surface area contributed by atoms with E-state index in [9.17, 15) is 9.59 Å². The van der Waals surface area contributed by atoms with Gasteiger partial charge in [-0.15, -0.1) is 0 Å². The first kappa shape index (κ1) is 10.0. The number of para-hydroxylation sites is 1. The summed E-state index contributed by atoms with van der Waals surface area (Å²) in [5, 5.41) is 2.80. The number of ether oxygens (including phenoxy) is 1. The molecular formula is C9H10N2O3. The van der Waals surface area contributed by atoms with Crippen molar-refractivity contribution in [2.45, 2.75) is 0 Å². The third-order valence-corrected chi connectivity index (χ3v) is 1.61. The van der Waals surface area contributed by atoms with E-state index in [0.29, 0.717) is 5.69 Å². The minimum atomic E-state index is -1.11. The van der Waals surface area contributed by atoms with Crippen molar-refractivity contribution in [2.75, 3.05) is 12.4 Å². The Morgan fingerprint density at radius 1 is 1.36 bits per heavy atom. The van der Waals surface area contributed by atoms with Crippen molar-refractivity contribution in [2.24, 2.45) is 5.73 Å². The standard InChI is InChI=1S/C9H10N2O3/c1-11-7-5-3-2-4-6(7)8(12)14-9(10)13/h2-5,11H,1H3,(H2,10,13). The summed E-state index contributed by atoms with van der Waals surface area (Å²) in [4.78, 5) is 21.6. The third-order valence-electron chi connectivity index (χ3n) is 1.61. The minimum absolute atomic E-state index is 0.272. The summed E-state index contributed by atoms with van der Waals surface area (Å²) in [6, 6.07) is 6.65. The van der Waals surface area contributed by atoms with Crippen LogP contribution in [0.2, 0.25) is 0 Å². The Labute approximate surface area is 80.9 Å². The summed E-state index contributed by atoms with van der Waals surface area (Å²) in [6.07, 6.45) is -1.11. The van der Waals surface area contributed by atoms with E-state index < -0.39 is 12.1 Å². The second kappa shape index (κ2) is 4.27. The highest BCUT2D eigenvalue weighted by molar-refractivity contribution is 6.00. The molecule has 1 aromatic carbocycles. The minimum Gasteiger partial charge on any atom is -0.387 e. The van der Waals surface area contributed by atoms with Crippen molar-refractivity contribution in [1.29, 1.82) is 0 Å². The number of hydrogen-bond donors (Lipinski definition) is 2. The molecule has 0 heterocycles. The lowest BCUT2D eigenvalue weighted by atomic mass is 10.2. The van der Waals surface area contributed by atoms with Gasteiger partial charge in [-0.3, -0.25) is 0 Å². The first-order valence-electron chi connectivity index (χ1n) is 3.93. The van der Waals surface area contributed by atoms with Crippen LogP contribution in [0.25, 0.3) is 0 Å². The van der Waals surface area contributed by atoms with Crippen LogP contribution in [0.15, 0.2) is 24.3 Å². The molecule has 0 spiro atoms. The molecule has 1 aromatic rings. The maximum absolute atomic E-state index is 11.3. The van der Waals surface area contributed by atoms with Crippen molar-refractivity contribution >= 4 is 17.7 Å². The van der Waals surface area contributed by atoms with Crippen molar-refractivity contribution in [3.05, 3.63) is 29.8 Å². The van der Waals surface area contributed by atoms with Gasteiger partial charge in [-0.2, -0.15) is 0 Å². The highest BCUT2D eigenvalue weighted by Gasteiger charge is 2.13. The van der Waals surface area contributed by atoms with Gasteiger partial charge in [-0.05, 0) is 12.1 Å². The lowest BCUT2D eigenvalue weighted by molar-refractivity contribution is 0.0639. The van der Waals surface area contributed by atoms with Crippen LogP contribution in [0, 0.1) is 0 Å². The molecule has 0 aromatic heterocycles. The number of nitrogens with one attached hydrogen (secondary N) is 1. The van der Waals surface area contributed by atoms with E-state index in [2.05, 4.69) is 10.1 Å². The van der Waals surface area contributed by atoms with Gasteiger partial charge < -0.3 is 15.8 Å². The van der Waals surface area contributed by atoms with Crippen LogP contribution in [-0.2, 0) is 4.74 Å². The maximum Gasteiger partial charge on any atom is 0.412 e. The van der Waals surface area contributed by atoms with Crippen LogP contribution < -0.4 is 11.1 Å². The Morgan fingerprint density at radius 3 is 2.57 bits per heavy atom. The monoisotopic (exact) mass is 194 g/mol. The Bertz CT molecular complexity index is 363. The van der Waals surface area contributed by atoms with Crippen molar-refractivity contribution < 1.29 is 14.3 Å². The van der Waals surface area contributed by atoms with Gasteiger partial charge in [-0.1, -0.05) is 12.1 Å². The van der Waals surface area contributed by atoms with Crippen LogP contribution in [0.5, 0.6) is 0 Å². The van der Waals surface area contributed by atoms with Crippen molar-refractivity contribution in [3.8, 4) is 0 Å². The predicted octanol–water partition coefficient (Wildman–Crippen LogP) is 0.964. The van der Waals surface area contributed by atoms with Crippen molar-refractivity contribution in [3.63, 3.8) is 0 Å². The summed E-state index contributed by atoms with van der Waals surface area (Å²) >= 11 is 0. The average Bonchev–Trinajstić information content (AvgIpc) is 2.16. The molecular weight excluding hydrogens is 184 g/mol. The van der Waals surface area contributed by atoms with E-state index in [0.717, 1.165) is 0 Å². The molecule has 0 aliphatic rings. The van der Waals surface area contributed by atoms with E-state index in [1.54, 1.807) is 25.2 Å². The molecule has 0 bridgehead atoms. The highest BCUT2D eigenvalue weighted by Crippen LogP contribution is 2.14. The summed E-state index contributed by atoms with van der Waals surface area (Å²) < 4.78 is 4.24. The van der Waals surface area contributed by atoms with E-state index in [1.165, 1.54) is 6.07 Å². The fraction of sp³-hybridized carbons (Fsp3) is 0.111. The van der Waals surface area contributed by atoms with Crippen LogP contribution >= 0.6 is 0 Å². The number of hydrogen-bond acceptors (Lipinski definition) is 4. The zero-order chi connectivity index (χ0) is 10.6. The number of primary amides is 1. The van der Waals surface area contributed by atoms with Crippen LogP contribution in [0.3, 0.4) is 0 Å². The molecule has 0 atom stereocenters. The van der Waals surface area contributed by atoms with Crippen LogP contribution in [0.4, 0.5) is 10.5 Å². The number of anilines is 1. The first-order chi connectivity index (χ1) is 6.65. The summed E-state index contributed by atoms with van der Waals surface area (Å²) in [7, 11) is 1.66. The number of nitrogens with two attached hydrogens (primary N) is 1. The molecule has 5 nitrogen and oxygen atoms in total. The molecule has 0 aliphatic carbocycles. The zero-order valence-corrected chi connectivity index (χ0v) is 7.61. The molecule has 0 radical (unpaired) electrons. The van der Waals surface area contributed by atoms with Crippen LogP contribution in [0.1, 0.15) is 10.4 Å². The Balaban J connectivity index is 2.94. The number of amides is 1. The van der Waals surface area contributed by atoms with Gasteiger partial charge in [0.25, 0.3) is 0 Å². The van der Waals surface area contributed by atoms with Gasteiger partial charge in [0.1, 0.15) is 0 Å². The molecule has 0 saturated carbocycles. The van der Waals surface area contributed by atoms with E-state index in [1.807, 2.05) is 0 Å². The Kier molecular flexibility index (Phi) is 3.06. The number of carbonyl (C=O) groups is 2. The van der Waals surface area contributed by atoms with E-state index >= 15 is 0 Å². The van der Waals surface area contributed by atoms with Gasteiger partial charge in [0.05, 0.1) is 5.56 Å². The predicted molar refractivity (Wildman–Crippen MR) is 51.0 cm³/mol. The summed E-state index contributed by atoms with van der Waals surface area (Å²) in [5.74, 6) is -0.762. The molecule has 5 heteroatoms. The van der Waals surface area contributed by atoms with Crippen LogP contribution in [-0.4, -0.2) is 19.1 Å². The number of carbonyl (C=O) groups excluding carboxylic acids is 2. The Hall–Kier alpha value is -2.04. The molecule has 0 aliphatic heterocycles. The molecule has 0 saturated heterocycles. The molecule has 14 heavy (non-hydrogen) atoms. The molecule has 3 N–H and O–H groups in total. The Morgan fingerprint density at radius 2 is 2.00 bits per heavy atom. The molecule has 1 rings (SSSR count). The van der Waals surface area contributed by atoms with E-state index in [-0.39, 0.29) is 5.56 Å². The van der Waals surface area contributed by atoms with Gasteiger partial charge >= 0.3 is 12.1 Å². The topological polar surface area (TPSA) is 81.4 Å². The SMILES string of the molecule is CNc1ccccc1C(=O)OC(N)=O. The van der Waals surface area contributed by atoms with Gasteiger partial charge in [0, 0.05) is 12.7 Å². The van der Waals surface area contributed by atoms with Crippen molar-refractivity contribution in [1.82, 2.24) is 0 Å². The lowest BCUT2D eigenvalue weighted by Gasteiger charge is -2.05. The van der Waals surface area contributed by atoms with Gasteiger partial charge in [0.15, 0.2) is 0 Å².